The van der Waals surface area contributed by atoms with Crippen LogP contribution in [0.3, 0.4) is 0 Å². The van der Waals surface area contributed by atoms with Crippen LogP contribution in [0.2, 0.25) is 0 Å². The SMILES string of the molecule is Cc1cnc(CNC(=O)C(N)C(C)C)s1. The van der Waals surface area contributed by atoms with E-state index in [4.69, 9.17) is 5.73 Å². The number of thiazole rings is 1. The van der Waals surface area contributed by atoms with E-state index < -0.39 is 6.04 Å². The maximum Gasteiger partial charge on any atom is 0.237 e. The number of hydrogen-bond donors (Lipinski definition) is 2. The minimum Gasteiger partial charge on any atom is -0.348 e. The van der Waals surface area contributed by atoms with Gasteiger partial charge in [0.25, 0.3) is 0 Å². The van der Waals surface area contributed by atoms with E-state index in [2.05, 4.69) is 10.3 Å². The van der Waals surface area contributed by atoms with Gasteiger partial charge < -0.3 is 11.1 Å². The van der Waals surface area contributed by atoms with E-state index >= 15 is 0 Å². The lowest BCUT2D eigenvalue weighted by Gasteiger charge is -2.14. The molecule has 4 nitrogen and oxygen atoms in total. The number of rotatable bonds is 4. The summed E-state index contributed by atoms with van der Waals surface area (Å²) in [5.41, 5.74) is 5.70. The Balaban J connectivity index is 2.40. The van der Waals surface area contributed by atoms with Gasteiger partial charge in [0.05, 0.1) is 12.6 Å². The van der Waals surface area contributed by atoms with Gasteiger partial charge in [-0.1, -0.05) is 13.8 Å². The summed E-state index contributed by atoms with van der Waals surface area (Å²) in [6, 6.07) is -0.439. The van der Waals surface area contributed by atoms with Gasteiger partial charge in [0.2, 0.25) is 5.91 Å². The molecule has 0 aliphatic rings. The Morgan fingerprint density at radius 2 is 2.33 bits per heavy atom. The molecule has 5 heteroatoms. The van der Waals surface area contributed by atoms with Gasteiger partial charge >= 0.3 is 0 Å². The number of hydrogen-bond acceptors (Lipinski definition) is 4. The summed E-state index contributed by atoms with van der Waals surface area (Å²) in [4.78, 5) is 16.8. The number of carbonyl (C=O) groups is 1. The average Bonchev–Trinajstić information content (AvgIpc) is 2.59. The molecule has 0 fully saturated rings. The van der Waals surface area contributed by atoms with Crippen molar-refractivity contribution in [3.05, 3.63) is 16.1 Å². The molecule has 0 radical (unpaired) electrons. The van der Waals surface area contributed by atoms with Gasteiger partial charge in [-0.05, 0) is 12.8 Å². The lowest BCUT2D eigenvalue weighted by molar-refractivity contribution is -0.123. The first-order valence-corrected chi connectivity index (χ1v) is 5.77. The Morgan fingerprint density at radius 1 is 1.67 bits per heavy atom. The lowest BCUT2D eigenvalue weighted by atomic mass is 10.1. The average molecular weight is 227 g/mol. The van der Waals surface area contributed by atoms with Crippen LogP contribution in [0.15, 0.2) is 6.20 Å². The van der Waals surface area contributed by atoms with Crippen LogP contribution in [0, 0.1) is 12.8 Å². The molecule has 0 saturated heterocycles. The molecule has 0 spiro atoms. The highest BCUT2D eigenvalue weighted by Gasteiger charge is 2.16. The summed E-state index contributed by atoms with van der Waals surface area (Å²) in [6.45, 7) is 6.32. The maximum absolute atomic E-state index is 11.5. The summed E-state index contributed by atoms with van der Waals surface area (Å²) in [7, 11) is 0. The van der Waals surface area contributed by atoms with Crippen LogP contribution in [0.25, 0.3) is 0 Å². The Hall–Kier alpha value is -0.940. The zero-order valence-electron chi connectivity index (χ0n) is 9.28. The zero-order chi connectivity index (χ0) is 11.4. The van der Waals surface area contributed by atoms with Crippen LogP contribution in [0.5, 0.6) is 0 Å². The van der Waals surface area contributed by atoms with Crippen LogP contribution in [-0.4, -0.2) is 16.9 Å². The fourth-order valence-corrected chi connectivity index (χ4v) is 1.79. The number of nitrogens with one attached hydrogen (secondary N) is 1. The maximum atomic E-state index is 11.5. The molecular formula is C10H17N3OS. The molecule has 1 amide bonds. The molecule has 1 aromatic rings. The lowest BCUT2D eigenvalue weighted by Crippen LogP contribution is -2.43. The first-order chi connectivity index (χ1) is 7.00. The van der Waals surface area contributed by atoms with Crippen molar-refractivity contribution >= 4 is 17.2 Å². The molecule has 1 aromatic heterocycles. The third-order valence-electron chi connectivity index (χ3n) is 2.10. The molecule has 15 heavy (non-hydrogen) atoms. The minimum atomic E-state index is -0.439. The smallest absolute Gasteiger partial charge is 0.237 e. The van der Waals surface area contributed by atoms with Crippen LogP contribution < -0.4 is 11.1 Å². The van der Waals surface area contributed by atoms with E-state index in [0.717, 1.165) is 9.88 Å². The monoisotopic (exact) mass is 227 g/mol. The zero-order valence-corrected chi connectivity index (χ0v) is 10.1. The molecule has 0 saturated carbocycles. The van der Waals surface area contributed by atoms with Gasteiger partial charge in [-0.25, -0.2) is 4.98 Å². The molecular weight excluding hydrogens is 210 g/mol. The number of nitrogens with zero attached hydrogens (tertiary/aromatic N) is 1. The summed E-state index contributed by atoms with van der Waals surface area (Å²) in [6.07, 6.45) is 1.80. The van der Waals surface area contributed by atoms with E-state index in [-0.39, 0.29) is 11.8 Å². The fraction of sp³-hybridized carbons (Fsp3) is 0.600. The summed E-state index contributed by atoms with van der Waals surface area (Å²) >= 11 is 1.58. The fourth-order valence-electron chi connectivity index (χ4n) is 1.07. The molecule has 3 N–H and O–H groups in total. The number of aromatic nitrogens is 1. The molecule has 0 bridgehead atoms. The van der Waals surface area contributed by atoms with Crippen molar-refractivity contribution in [3.8, 4) is 0 Å². The molecule has 1 atom stereocenters. The molecule has 1 unspecified atom stereocenters. The molecule has 0 aliphatic heterocycles. The molecule has 0 aliphatic carbocycles. The molecule has 84 valence electrons. The number of carbonyl (C=O) groups excluding carboxylic acids is 1. The van der Waals surface area contributed by atoms with Gasteiger partial charge in [-0.15, -0.1) is 11.3 Å². The quantitative estimate of drug-likeness (QED) is 0.808. The largest absolute Gasteiger partial charge is 0.348 e. The number of nitrogens with two attached hydrogens (primary N) is 1. The topological polar surface area (TPSA) is 68.0 Å². The summed E-state index contributed by atoms with van der Waals surface area (Å²) in [5.74, 6) is 0.0425. The Labute approximate surface area is 93.9 Å². The normalized spacial score (nSPS) is 12.9. The van der Waals surface area contributed by atoms with Crippen LogP contribution >= 0.6 is 11.3 Å². The van der Waals surface area contributed by atoms with E-state index in [9.17, 15) is 4.79 Å². The second-order valence-corrected chi connectivity index (χ2v) is 5.17. The van der Waals surface area contributed by atoms with Crippen molar-refractivity contribution in [2.75, 3.05) is 0 Å². The number of aryl methyl sites for hydroxylation is 1. The Kier molecular flexibility index (Phi) is 4.23. The molecule has 0 aromatic carbocycles. The van der Waals surface area contributed by atoms with Crippen LogP contribution in [-0.2, 0) is 11.3 Å². The van der Waals surface area contributed by atoms with Crippen molar-refractivity contribution in [3.63, 3.8) is 0 Å². The van der Waals surface area contributed by atoms with Gasteiger partial charge in [-0.2, -0.15) is 0 Å². The Bertz CT molecular complexity index is 335. The van der Waals surface area contributed by atoms with Gasteiger partial charge in [0.15, 0.2) is 0 Å². The predicted octanol–water partition coefficient (Wildman–Crippen LogP) is 1.05. The minimum absolute atomic E-state index is 0.113. The van der Waals surface area contributed by atoms with Crippen molar-refractivity contribution in [1.82, 2.24) is 10.3 Å². The van der Waals surface area contributed by atoms with Crippen molar-refractivity contribution in [2.24, 2.45) is 11.7 Å². The third-order valence-corrected chi connectivity index (χ3v) is 3.02. The molecule has 1 rings (SSSR count). The third kappa shape index (κ3) is 3.60. The first kappa shape index (κ1) is 12.1. The summed E-state index contributed by atoms with van der Waals surface area (Å²) in [5, 5.41) is 3.69. The highest BCUT2D eigenvalue weighted by molar-refractivity contribution is 7.11. The van der Waals surface area contributed by atoms with E-state index in [1.165, 1.54) is 0 Å². The first-order valence-electron chi connectivity index (χ1n) is 4.95. The highest BCUT2D eigenvalue weighted by atomic mass is 32.1. The van der Waals surface area contributed by atoms with Crippen molar-refractivity contribution in [1.29, 1.82) is 0 Å². The van der Waals surface area contributed by atoms with Crippen molar-refractivity contribution in [2.45, 2.75) is 33.4 Å². The van der Waals surface area contributed by atoms with Crippen LogP contribution in [0.4, 0.5) is 0 Å². The summed E-state index contributed by atoms with van der Waals surface area (Å²) < 4.78 is 0. The second kappa shape index (κ2) is 5.23. The second-order valence-electron chi connectivity index (χ2n) is 3.85. The van der Waals surface area contributed by atoms with Crippen LogP contribution in [0.1, 0.15) is 23.7 Å². The van der Waals surface area contributed by atoms with E-state index in [1.54, 1.807) is 17.5 Å². The predicted molar refractivity (Wildman–Crippen MR) is 61.5 cm³/mol. The van der Waals surface area contributed by atoms with Gasteiger partial charge in [0, 0.05) is 11.1 Å². The Morgan fingerprint density at radius 3 is 2.80 bits per heavy atom. The molecule has 1 heterocycles. The van der Waals surface area contributed by atoms with Crippen molar-refractivity contribution < 1.29 is 4.79 Å². The number of amides is 1. The van der Waals surface area contributed by atoms with E-state index in [1.807, 2.05) is 20.8 Å². The van der Waals surface area contributed by atoms with E-state index in [0.29, 0.717) is 6.54 Å². The standard InChI is InChI=1S/C10H17N3OS/c1-6(2)9(11)10(14)13-5-8-12-4-7(3)15-8/h4,6,9H,5,11H2,1-3H3,(H,13,14). The van der Waals surface area contributed by atoms with Gasteiger partial charge in [0.1, 0.15) is 5.01 Å². The van der Waals surface area contributed by atoms with Gasteiger partial charge in [-0.3, -0.25) is 4.79 Å². The highest BCUT2D eigenvalue weighted by Crippen LogP contribution is 2.10.